The molecule has 0 N–H and O–H groups in total. The van der Waals surface area contributed by atoms with E-state index in [9.17, 15) is 14.9 Å². The van der Waals surface area contributed by atoms with Crippen LogP contribution in [0.25, 0.3) is 16.7 Å². The first-order valence-electron chi connectivity index (χ1n) is 11.3. The van der Waals surface area contributed by atoms with Gasteiger partial charge in [-0.2, -0.15) is 10.2 Å². The molecule has 1 aliphatic heterocycles. The van der Waals surface area contributed by atoms with Gasteiger partial charge in [-0.3, -0.25) is 9.78 Å². The Hall–Kier alpha value is -3.22. The zero-order chi connectivity index (χ0) is 25.4. The number of rotatable bonds is 4. The van der Waals surface area contributed by atoms with E-state index in [0.29, 0.717) is 42.2 Å². The number of aromatic nitrogens is 4. The molecule has 1 aliphatic rings. The van der Waals surface area contributed by atoms with Crippen LogP contribution >= 0.6 is 23.2 Å². The second-order valence-corrected chi connectivity index (χ2v) is 9.64. The zero-order valence-corrected chi connectivity index (χ0v) is 21.4. The number of nitrogens with zero attached hydrogens (tertiary/aromatic N) is 7. The maximum Gasteiger partial charge on any atom is 0.355 e. The highest BCUT2D eigenvalue weighted by Crippen LogP contribution is 2.33. The van der Waals surface area contributed by atoms with Crippen LogP contribution in [-0.2, 0) is 4.79 Å². The summed E-state index contributed by atoms with van der Waals surface area (Å²) in [6, 6.07) is 5.31. The van der Waals surface area contributed by atoms with Gasteiger partial charge >= 0.3 is 5.69 Å². The van der Waals surface area contributed by atoms with Gasteiger partial charge in [-0.05, 0) is 30.5 Å². The van der Waals surface area contributed by atoms with Crippen molar-refractivity contribution in [3.05, 3.63) is 50.2 Å². The van der Waals surface area contributed by atoms with Crippen LogP contribution in [0.1, 0.15) is 44.4 Å². The second-order valence-electron chi connectivity index (χ2n) is 8.88. The molecule has 35 heavy (non-hydrogen) atoms. The first-order chi connectivity index (χ1) is 16.6. The molecule has 0 radical (unpaired) electrons. The number of amides is 1. The van der Waals surface area contributed by atoms with Gasteiger partial charge in [0.25, 0.3) is 0 Å². The van der Waals surface area contributed by atoms with Crippen LogP contribution in [0.2, 0.25) is 10.2 Å². The minimum atomic E-state index is -0.526. The molecule has 3 aromatic rings. The third kappa shape index (κ3) is 4.56. The highest BCUT2D eigenvalue weighted by molar-refractivity contribution is 6.41. The lowest BCUT2D eigenvalue weighted by Crippen LogP contribution is -2.55. The van der Waals surface area contributed by atoms with Crippen LogP contribution in [0.4, 0.5) is 5.82 Å². The summed E-state index contributed by atoms with van der Waals surface area (Å²) in [5.74, 6) is 0.342. The van der Waals surface area contributed by atoms with E-state index >= 15 is 0 Å². The maximum atomic E-state index is 13.6. The number of nitriles is 1. The van der Waals surface area contributed by atoms with Crippen molar-refractivity contribution in [3.8, 4) is 11.8 Å². The molecule has 3 aromatic heterocycles. The van der Waals surface area contributed by atoms with Crippen LogP contribution in [-0.4, -0.2) is 56.0 Å². The van der Waals surface area contributed by atoms with Crippen LogP contribution in [0.3, 0.4) is 0 Å². The van der Waals surface area contributed by atoms with Crippen LogP contribution in [0.15, 0.2) is 23.1 Å². The van der Waals surface area contributed by atoms with Gasteiger partial charge in [-0.25, -0.2) is 14.3 Å². The van der Waals surface area contributed by atoms with E-state index in [2.05, 4.69) is 21.0 Å². The van der Waals surface area contributed by atoms with Gasteiger partial charge in [0.1, 0.15) is 11.0 Å². The summed E-state index contributed by atoms with van der Waals surface area (Å²) in [6.07, 6.45) is 1.88. The highest BCUT2D eigenvalue weighted by Gasteiger charge is 2.31. The number of carbonyl (C=O) groups is 1. The first kappa shape index (κ1) is 24.9. The van der Waals surface area contributed by atoms with Gasteiger partial charge in [0.2, 0.25) is 5.91 Å². The number of pyridine rings is 2. The molecule has 182 valence electrons. The van der Waals surface area contributed by atoms with E-state index in [0.717, 1.165) is 11.3 Å². The summed E-state index contributed by atoms with van der Waals surface area (Å²) >= 11 is 12.7. The maximum absolute atomic E-state index is 13.6. The molecular weight excluding hydrogens is 489 g/mol. The summed E-state index contributed by atoms with van der Waals surface area (Å²) in [5, 5.41) is 10.1. The lowest BCUT2D eigenvalue weighted by atomic mass is 10.0. The normalized spacial score (nSPS) is 16.1. The fourth-order valence-electron chi connectivity index (χ4n) is 4.55. The fraction of sp³-hybridized carbons (Fsp3) is 0.417. The molecule has 0 aromatic carbocycles. The van der Waals surface area contributed by atoms with Gasteiger partial charge in [0.15, 0.2) is 5.65 Å². The molecule has 1 saturated heterocycles. The minimum absolute atomic E-state index is 0.0423. The Morgan fingerprint density at radius 3 is 2.69 bits per heavy atom. The van der Waals surface area contributed by atoms with Crippen molar-refractivity contribution in [2.45, 2.75) is 46.1 Å². The van der Waals surface area contributed by atoms with Crippen molar-refractivity contribution in [3.63, 3.8) is 0 Å². The number of fused-ring (bicyclic) bond motifs is 1. The number of aryl methyl sites for hydroxylation is 1. The van der Waals surface area contributed by atoms with Gasteiger partial charge in [0.05, 0.1) is 40.3 Å². The molecule has 1 unspecified atom stereocenters. The van der Waals surface area contributed by atoms with E-state index in [1.807, 2.05) is 31.7 Å². The smallest absolute Gasteiger partial charge is 0.352 e. The largest absolute Gasteiger partial charge is 0.355 e. The standard InChI is InChI=1S/C24H25Cl2N7O2/c1-13(2)19-20(14(3)6-8-28-19)33-23-17(11-18(25)21(26)29-23)22(30-24(33)35)31-9-10-32(15(4)34)16(12-31)5-7-27/h6,8,11,13,16H,5,9-10,12H2,1-4H3. The van der Waals surface area contributed by atoms with Crippen molar-refractivity contribution >= 4 is 46.0 Å². The average molecular weight is 514 g/mol. The average Bonchev–Trinajstić information content (AvgIpc) is 2.80. The zero-order valence-electron chi connectivity index (χ0n) is 19.9. The Kier molecular flexibility index (Phi) is 6.97. The Balaban J connectivity index is 1.96. The molecule has 1 amide bonds. The Bertz CT molecular complexity index is 1410. The quantitative estimate of drug-likeness (QED) is 0.487. The van der Waals surface area contributed by atoms with Crippen molar-refractivity contribution in [1.82, 2.24) is 24.4 Å². The Labute approximate surface area is 212 Å². The molecular formula is C24H25Cl2N7O2. The summed E-state index contributed by atoms with van der Waals surface area (Å²) in [5.41, 5.74) is 1.99. The van der Waals surface area contributed by atoms with Crippen LogP contribution < -0.4 is 10.6 Å². The highest BCUT2D eigenvalue weighted by atomic mass is 35.5. The number of hydrogen-bond acceptors (Lipinski definition) is 7. The number of halogens is 2. The molecule has 0 bridgehead atoms. The molecule has 4 heterocycles. The predicted octanol–water partition coefficient (Wildman–Crippen LogP) is 3.87. The van der Waals surface area contributed by atoms with Gasteiger partial charge in [-0.15, -0.1) is 0 Å². The predicted molar refractivity (Wildman–Crippen MR) is 135 cm³/mol. The Morgan fingerprint density at radius 1 is 1.29 bits per heavy atom. The van der Waals surface area contributed by atoms with Crippen LogP contribution in [0, 0.1) is 18.3 Å². The van der Waals surface area contributed by atoms with Gasteiger partial charge in [-0.1, -0.05) is 37.0 Å². The molecule has 11 heteroatoms. The third-order valence-electron chi connectivity index (χ3n) is 6.20. The number of carbonyl (C=O) groups excluding carboxylic acids is 1. The van der Waals surface area contributed by atoms with Gasteiger partial charge < -0.3 is 9.80 Å². The summed E-state index contributed by atoms with van der Waals surface area (Å²) in [4.78, 5) is 42.7. The van der Waals surface area contributed by atoms with Crippen LogP contribution in [0.5, 0.6) is 0 Å². The Morgan fingerprint density at radius 2 is 2.03 bits per heavy atom. The molecule has 1 atom stereocenters. The van der Waals surface area contributed by atoms with Crippen molar-refractivity contribution in [1.29, 1.82) is 5.26 Å². The van der Waals surface area contributed by atoms with E-state index in [4.69, 9.17) is 23.2 Å². The minimum Gasteiger partial charge on any atom is -0.352 e. The van der Waals surface area contributed by atoms with E-state index in [-0.39, 0.29) is 34.5 Å². The number of piperazine rings is 1. The SMILES string of the molecule is CC(=O)N1CCN(c2nc(=O)n(-c3c(C)ccnc3C(C)C)c3nc(Cl)c(Cl)cc23)CC1CC#N. The summed E-state index contributed by atoms with van der Waals surface area (Å²) < 4.78 is 1.44. The monoisotopic (exact) mass is 513 g/mol. The molecule has 9 nitrogen and oxygen atoms in total. The number of hydrogen-bond donors (Lipinski definition) is 0. The molecule has 0 saturated carbocycles. The van der Waals surface area contributed by atoms with E-state index in [1.165, 1.54) is 11.5 Å². The molecule has 1 fully saturated rings. The van der Waals surface area contributed by atoms with Crippen molar-refractivity contribution in [2.75, 3.05) is 24.5 Å². The lowest BCUT2D eigenvalue weighted by molar-refractivity contribution is -0.131. The second kappa shape index (κ2) is 9.80. The third-order valence-corrected chi connectivity index (χ3v) is 6.87. The molecule has 0 aliphatic carbocycles. The number of anilines is 1. The summed E-state index contributed by atoms with van der Waals surface area (Å²) in [6.45, 7) is 8.59. The van der Waals surface area contributed by atoms with Crippen molar-refractivity contribution in [2.24, 2.45) is 0 Å². The fourth-order valence-corrected chi connectivity index (χ4v) is 4.84. The lowest BCUT2D eigenvalue weighted by Gasteiger charge is -2.41. The summed E-state index contributed by atoms with van der Waals surface area (Å²) in [7, 11) is 0. The van der Waals surface area contributed by atoms with Gasteiger partial charge in [0, 0.05) is 32.8 Å². The first-order valence-corrected chi connectivity index (χ1v) is 12.0. The molecule has 0 spiro atoms. The van der Waals surface area contributed by atoms with E-state index < -0.39 is 5.69 Å². The topological polar surface area (TPSA) is 108 Å². The molecule has 4 rings (SSSR count). The van der Waals surface area contributed by atoms with E-state index in [1.54, 1.807) is 17.2 Å². The van der Waals surface area contributed by atoms with Crippen molar-refractivity contribution < 1.29 is 4.79 Å².